The molecule has 0 N–H and O–H groups in total. The third-order valence-corrected chi connectivity index (χ3v) is 6.44. The second-order valence-corrected chi connectivity index (χ2v) is 8.78. The number of hydrogen-bond acceptors (Lipinski definition) is 5. The van der Waals surface area contributed by atoms with Crippen molar-refractivity contribution in [1.29, 1.82) is 5.26 Å². The van der Waals surface area contributed by atoms with E-state index in [1.807, 2.05) is 80.6 Å². The molecule has 0 bridgehead atoms. The fourth-order valence-corrected chi connectivity index (χ4v) is 4.60. The Balaban J connectivity index is 1.49. The van der Waals surface area contributed by atoms with Gasteiger partial charge in [0.05, 0.1) is 28.8 Å². The Morgan fingerprint density at radius 3 is 2.51 bits per heavy atom. The molecule has 6 aromatic rings. The molecule has 7 heteroatoms. The quantitative estimate of drug-likeness (QED) is 0.289. The first-order chi connectivity index (χ1) is 18.0. The van der Waals surface area contributed by atoms with Crippen molar-refractivity contribution in [2.75, 3.05) is 0 Å². The van der Waals surface area contributed by atoms with Crippen LogP contribution < -0.4 is 5.56 Å². The van der Waals surface area contributed by atoms with Gasteiger partial charge in [-0.3, -0.25) is 4.79 Å². The van der Waals surface area contributed by atoms with Crippen molar-refractivity contribution >= 4 is 28.1 Å². The Bertz CT molecular complexity index is 1900. The summed E-state index contributed by atoms with van der Waals surface area (Å²) in [6.45, 7) is 4.00. The number of furan rings is 1. The Hall–Kier alpha value is -5.22. The van der Waals surface area contributed by atoms with E-state index in [4.69, 9.17) is 14.7 Å². The average molecular weight is 484 g/mol. The number of fused-ring (bicyclic) bond motifs is 2. The van der Waals surface area contributed by atoms with Crippen LogP contribution in [0.25, 0.3) is 39.1 Å². The summed E-state index contributed by atoms with van der Waals surface area (Å²) in [6.07, 6.45) is 1.67. The maximum Gasteiger partial charge on any atom is 0.282 e. The van der Waals surface area contributed by atoms with E-state index in [9.17, 15) is 4.79 Å². The van der Waals surface area contributed by atoms with E-state index in [2.05, 4.69) is 15.7 Å². The zero-order valence-electron chi connectivity index (χ0n) is 20.2. The second kappa shape index (κ2) is 8.77. The lowest BCUT2D eigenvalue weighted by Crippen LogP contribution is -2.20. The summed E-state index contributed by atoms with van der Waals surface area (Å²) >= 11 is 0. The maximum atomic E-state index is 13.5. The minimum atomic E-state index is -0.279. The molecule has 0 saturated carbocycles. The minimum Gasteiger partial charge on any atom is -0.453 e. The van der Waals surface area contributed by atoms with Crippen LogP contribution in [0.5, 0.6) is 0 Å². The van der Waals surface area contributed by atoms with Gasteiger partial charge < -0.3 is 8.98 Å². The van der Waals surface area contributed by atoms with E-state index in [0.717, 1.165) is 28.0 Å². The first kappa shape index (κ1) is 22.3. The minimum absolute atomic E-state index is 0.279. The molecule has 6 rings (SSSR count). The molecule has 0 amide bonds. The van der Waals surface area contributed by atoms with Crippen LogP contribution in [0.2, 0.25) is 0 Å². The van der Waals surface area contributed by atoms with Crippen LogP contribution in [-0.4, -0.2) is 20.4 Å². The number of rotatable bonds is 4. The molecule has 0 saturated heterocycles. The Labute approximate surface area is 212 Å². The summed E-state index contributed by atoms with van der Waals surface area (Å²) in [6, 6.07) is 28.3. The molecule has 0 fully saturated rings. The van der Waals surface area contributed by atoms with Crippen molar-refractivity contribution in [3.05, 3.63) is 118 Å². The average Bonchev–Trinajstić information content (AvgIpc) is 3.48. The van der Waals surface area contributed by atoms with E-state index in [1.165, 1.54) is 4.68 Å². The third-order valence-electron chi connectivity index (χ3n) is 6.44. The lowest BCUT2D eigenvalue weighted by molar-refractivity contribution is 0.616. The van der Waals surface area contributed by atoms with Gasteiger partial charge in [0, 0.05) is 28.0 Å². The highest BCUT2D eigenvalue weighted by atomic mass is 16.3. The number of aryl methyl sites for hydroxylation is 1. The normalized spacial score (nSPS) is 11.5. The topological polar surface area (TPSA) is 89.1 Å². The predicted octanol–water partition coefficient (Wildman–Crippen LogP) is 5.97. The lowest BCUT2D eigenvalue weighted by atomic mass is 10.2. The molecule has 0 aliphatic rings. The molecule has 0 radical (unpaired) electrons. The number of benzene rings is 3. The number of nitriles is 1. The van der Waals surface area contributed by atoms with Crippen LogP contribution in [0.3, 0.4) is 0 Å². The molecule has 0 aliphatic carbocycles. The fraction of sp³-hybridized carbons (Fsp3) is 0.0667. The summed E-state index contributed by atoms with van der Waals surface area (Å²) < 4.78 is 9.44. The van der Waals surface area contributed by atoms with E-state index < -0.39 is 0 Å². The van der Waals surface area contributed by atoms with Gasteiger partial charge in [-0.1, -0.05) is 30.3 Å². The van der Waals surface area contributed by atoms with Gasteiger partial charge >= 0.3 is 0 Å². The first-order valence-electron chi connectivity index (χ1n) is 11.8. The van der Waals surface area contributed by atoms with E-state index in [0.29, 0.717) is 33.6 Å². The molecule has 0 spiro atoms. The van der Waals surface area contributed by atoms with Gasteiger partial charge in [-0.2, -0.15) is 15.0 Å². The SMILES string of the molecule is Cc1cc(C=Nn2c(-c3cc4ccccc4o3)nc3ccccc3c2=O)c(C)n1-c1ccc(C#N)cc1. The van der Waals surface area contributed by atoms with Gasteiger partial charge in [0.2, 0.25) is 5.82 Å². The van der Waals surface area contributed by atoms with E-state index in [1.54, 1.807) is 24.4 Å². The number of aromatic nitrogens is 3. The molecule has 7 nitrogen and oxygen atoms in total. The van der Waals surface area contributed by atoms with Crippen molar-refractivity contribution in [2.45, 2.75) is 13.8 Å². The second-order valence-electron chi connectivity index (χ2n) is 8.78. The predicted molar refractivity (Wildman–Crippen MR) is 144 cm³/mol. The molecule has 3 heterocycles. The summed E-state index contributed by atoms with van der Waals surface area (Å²) in [5, 5.41) is 15.1. The molecule has 0 aliphatic heterocycles. The fourth-order valence-electron chi connectivity index (χ4n) is 4.60. The molecule has 0 atom stereocenters. The van der Waals surface area contributed by atoms with Gasteiger partial charge in [0.15, 0.2) is 5.76 Å². The van der Waals surface area contributed by atoms with E-state index >= 15 is 0 Å². The zero-order valence-corrected chi connectivity index (χ0v) is 20.2. The molecule has 3 aromatic carbocycles. The molecular weight excluding hydrogens is 462 g/mol. The van der Waals surface area contributed by atoms with Crippen molar-refractivity contribution in [3.63, 3.8) is 0 Å². The lowest BCUT2D eigenvalue weighted by Gasteiger charge is -2.09. The molecule has 3 aromatic heterocycles. The van der Waals surface area contributed by atoms with E-state index in [-0.39, 0.29) is 5.56 Å². The van der Waals surface area contributed by atoms with Crippen molar-refractivity contribution in [2.24, 2.45) is 5.10 Å². The Kier molecular flexibility index (Phi) is 5.28. The van der Waals surface area contributed by atoms with Gasteiger partial charge in [0.1, 0.15) is 5.58 Å². The molecule has 178 valence electrons. The molecule has 0 unspecified atom stereocenters. The Morgan fingerprint density at radius 1 is 0.973 bits per heavy atom. The third kappa shape index (κ3) is 3.81. The van der Waals surface area contributed by atoms with Crippen LogP contribution in [0.15, 0.2) is 99.2 Å². The highest BCUT2D eigenvalue weighted by molar-refractivity contribution is 5.85. The number of hydrogen-bond donors (Lipinski definition) is 0. The van der Waals surface area contributed by atoms with Crippen LogP contribution in [0.4, 0.5) is 0 Å². The smallest absolute Gasteiger partial charge is 0.282 e. The van der Waals surface area contributed by atoms with Gasteiger partial charge in [0.25, 0.3) is 5.56 Å². The van der Waals surface area contributed by atoms with Crippen LogP contribution >= 0.6 is 0 Å². The van der Waals surface area contributed by atoms with Crippen molar-refractivity contribution in [1.82, 2.24) is 14.2 Å². The standard InChI is InChI=1S/C30H21N5O2/c1-19-15-23(20(2)34(19)24-13-11-21(17-31)12-14-24)18-32-35-29(28-16-22-7-3-6-10-27(22)37-28)33-26-9-5-4-8-25(26)30(35)36/h3-16,18H,1-2H3. The number of para-hydroxylation sites is 2. The summed E-state index contributed by atoms with van der Waals surface area (Å²) in [5.74, 6) is 0.793. The molecule has 37 heavy (non-hydrogen) atoms. The van der Waals surface area contributed by atoms with Crippen LogP contribution in [0.1, 0.15) is 22.5 Å². The van der Waals surface area contributed by atoms with Crippen molar-refractivity contribution < 1.29 is 4.42 Å². The molecular formula is C30H21N5O2. The van der Waals surface area contributed by atoms with Crippen LogP contribution in [-0.2, 0) is 0 Å². The maximum absolute atomic E-state index is 13.5. The monoisotopic (exact) mass is 483 g/mol. The van der Waals surface area contributed by atoms with Gasteiger partial charge in [-0.15, -0.1) is 0 Å². The van der Waals surface area contributed by atoms with Crippen molar-refractivity contribution in [3.8, 4) is 23.3 Å². The number of nitrogens with zero attached hydrogens (tertiary/aromatic N) is 5. The first-order valence-corrected chi connectivity index (χ1v) is 11.8. The van der Waals surface area contributed by atoms with Gasteiger partial charge in [-0.25, -0.2) is 4.98 Å². The zero-order chi connectivity index (χ0) is 25.5. The largest absolute Gasteiger partial charge is 0.453 e. The highest BCUT2D eigenvalue weighted by Gasteiger charge is 2.17. The summed E-state index contributed by atoms with van der Waals surface area (Å²) in [7, 11) is 0. The van der Waals surface area contributed by atoms with Crippen LogP contribution in [0, 0.1) is 25.2 Å². The Morgan fingerprint density at radius 2 is 1.73 bits per heavy atom. The summed E-state index contributed by atoms with van der Waals surface area (Å²) in [5.41, 5.74) is 5.38. The van der Waals surface area contributed by atoms with Gasteiger partial charge in [-0.05, 0) is 68.4 Å². The summed E-state index contributed by atoms with van der Waals surface area (Å²) in [4.78, 5) is 18.3. The highest BCUT2D eigenvalue weighted by Crippen LogP contribution is 2.27.